The standard InChI is InChI=1S/C40H63N15O4/c1-2-59-37(57)28-55-27-32(52-53-55)26-46-39(58)34(41)14-15-36(56)54-22-16-30(17-23-54)48-38-33-12-6-7-13-35(33)49-40(50-38)47-25-31(51-42)24-44-20-8-18-43-19-9-21-45-29-10-4-3-5-11-29/h6-7,12-13,24,27,29-30,34,43,45H,2-5,8-11,14-23,25-26,28,41-42H2,1H3,(H,46,58)(H2,47,48,49,50). The number of esters is 1. The summed E-state index contributed by atoms with van der Waals surface area (Å²) in [5, 5.41) is 29.4. The van der Waals surface area contributed by atoms with Crippen molar-refractivity contribution in [3.8, 4) is 0 Å². The van der Waals surface area contributed by atoms with Gasteiger partial charge in [-0.2, -0.15) is 10.1 Å². The van der Waals surface area contributed by atoms with E-state index in [1.165, 1.54) is 36.8 Å². The van der Waals surface area contributed by atoms with Gasteiger partial charge in [-0.3, -0.25) is 19.4 Å². The molecule has 9 N–H and O–H groups in total. The van der Waals surface area contributed by atoms with Crippen molar-refractivity contribution in [2.24, 2.45) is 21.7 Å². The Hall–Kier alpha value is -5.27. The van der Waals surface area contributed by atoms with Crippen LogP contribution in [-0.2, 0) is 32.2 Å². The molecule has 1 saturated heterocycles. The average Bonchev–Trinajstić information content (AvgIpc) is 3.70. The van der Waals surface area contributed by atoms with E-state index in [-0.39, 0.29) is 44.5 Å². The summed E-state index contributed by atoms with van der Waals surface area (Å²) in [6.07, 6.45) is 13.9. The third-order valence-corrected chi connectivity index (χ3v) is 10.5. The number of nitrogens with zero attached hydrogens (tertiary/aromatic N) is 8. The number of carbonyl (C=O) groups is 3. The van der Waals surface area contributed by atoms with E-state index >= 15 is 0 Å². The van der Waals surface area contributed by atoms with E-state index in [0.717, 1.165) is 56.2 Å². The van der Waals surface area contributed by atoms with Crippen LogP contribution in [0.15, 0.2) is 40.6 Å². The number of nitrogens with one attached hydrogen (secondary N) is 5. The number of hydrogen-bond acceptors (Lipinski definition) is 16. The smallest absolute Gasteiger partial charge is 0.327 e. The van der Waals surface area contributed by atoms with Crippen LogP contribution < -0.4 is 38.2 Å². The quantitative estimate of drug-likeness (QED) is 0.0223. The third-order valence-electron chi connectivity index (χ3n) is 10.5. The van der Waals surface area contributed by atoms with Gasteiger partial charge in [0.05, 0.1) is 43.2 Å². The SMILES string of the molecule is CCOC(=O)Cn1cc(CNC(=O)C(N)CCC(=O)N2CCC(Nc3nc(NCC(C=NCCCNCCCNC4CCCCC4)=NN)nc4ccccc34)CC2)nn1. The van der Waals surface area contributed by atoms with Crippen LogP contribution >= 0.6 is 0 Å². The maximum absolute atomic E-state index is 13.1. The highest BCUT2D eigenvalue weighted by Crippen LogP contribution is 2.25. The molecule has 2 fully saturated rings. The van der Waals surface area contributed by atoms with Crippen molar-refractivity contribution in [3.05, 3.63) is 36.2 Å². The fraction of sp³-hybridized carbons (Fsp3) is 0.625. The number of anilines is 2. The molecule has 1 atom stereocenters. The van der Waals surface area contributed by atoms with E-state index in [9.17, 15) is 14.4 Å². The van der Waals surface area contributed by atoms with E-state index in [1.807, 2.05) is 29.2 Å². The molecule has 2 aliphatic rings. The van der Waals surface area contributed by atoms with Gasteiger partial charge in [0.2, 0.25) is 17.8 Å². The number of amides is 2. The Bertz CT molecular complexity index is 1820. The number of carbonyl (C=O) groups excluding carboxylic acids is 3. The summed E-state index contributed by atoms with van der Waals surface area (Å²) in [7, 11) is 0. The lowest BCUT2D eigenvalue weighted by Crippen LogP contribution is -2.44. The van der Waals surface area contributed by atoms with Gasteiger partial charge in [0.1, 0.15) is 18.1 Å². The molecule has 1 saturated carbocycles. The molecule has 3 heterocycles. The molecule has 0 spiro atoms. The lowest BCUT2D eigenvalue weighted by atomic mass is 9.95. The summed E-state index contributed by atoms with van der Waals surface area (Å²) >= 11 is 0. The van der Waals surface area contributed by atoms with Crippen LogP contribution in [0.2, 0.25) is 0 Å². The molecule has 0 radical (unpaired) electrons. The lowest BCUT2D eigenvalue weighted by Gasteiger charge is -2.33. The zero-order valence-electron chi connectivity index (χ0n) is 34.4. The van der Waals surface area contributed by atoms with Gasteiger partial charge in [-0.05, 0) is 83.6 Å². The number of ether oxygens (including phenoxy) is 1. The molecule has 1 aliphatic carbocycles. The molecule has 1 aliphatic heterocycles. The number of hydrazone groups is 1. The molecule has 2 aromatic heterocycles. The maximum atomic E-state index is 13.1. The van der Waals surface area contributed by atoms with Crippen molar-refractivity contribution in [1.29, 1.82) is 0 Å². The molecular formula is C40H63N15O4. The molecule has 19 heteroatoms. The van der Waals surface area contributed by atoms with Crippen LogP contribution in [0.5, 0.6) is 0 Å². The van der Waals surface area contributed by atoms with Crippen LogP contribution in [0.4, 0.5) is 11.8 Å². The van der Waals surface area contributed by atoms with Crippen LogP contribution in [0.3, 0.4) is 0 Å². The Morgan fingerprint density at radius 1 is 1.02 bits per heavy atom. The summed E-state index contributed by atoms with van der Waals surface area (Å²) in [6.45, 7) is 7.14. The number of para-hydroxylation sites is 1. The molecule has 2 amide bonds. The summed E-state index contributed by atoms with van der Waals surface area (Å²) in [6, 6.07) is 7.76. The molecule has 3 aromatic rings. The molecule has 1 aromatic carbocycles. The van der Waals surface area contributed by atoms with Crippen molar-refractivity contribution < 1.29 is 19.1 Å². The molecule has 0 bridgehead atoms. The van der Waals surface area contributed by atoms with Gasteiger partial charge in [-0.15, -0.1) is 5.10 Å². The van der Waals surface area contributed by atoms with Gasteiger partial charge in [0.25, 0.3) is 0 Å². The second-order valence-electron chi connectivity index (χ2n) is 15.0. The summed E-state index contributed by atoms with van der Waals surface area (Å²) in [5.74, 6) is 5.97. The van der Waals surface area contributed by atoms with Crippen molar-refractivity contribution in [3.63, 3.8) is 0 Å². The number of benzene rings is 1. The first-order valence-corrected chi connectivity index (χ1v) is 21.1. The molecule has 5 rings (SSSR count). The van der Waals surface area contributed by atoms with Crippen LogP contribution in [0.25, 0.3) is 10.9 Å². The van der Waals surface area contributed by atoms with Gasteiger partial charge in [-0.25, -0.2) is 9.67 Å². The number of aliphatic imine (C=N–C) groups is 1. The van der Waals surface area contributed by atoms with Crippen molar-refractivity contribution in [1.82, 2.24) is 45.8 Å². The topological polar surface area (TPSA) is 257 Å². The van der Waals surface area contributed by atoms with Crippen LogP contribution in [0, 0.1) is 0 Å². The Balaban J connectivity index is 0.988. The Morgan fingerprint density at radius 2 is 1.81 bits per heavy atom. The highest BCUT2D eigenvalue weighted by molar-refractivity contribution is 6.32. The summed E-state index contributed by atoms with van der Waals surface area (Å²) in [4.78, 5) is 53.2. The van der Waals surface area contributed by atoms with Gasteiger partial charge in [0.15, 0.2) is 0 Å². The van der Waals surface area contributed by atoms with E-state index in [4.69, 9.17) is 26.3 Å². The first kappa shape index (κ1) is 44.8. The van der Waals surface area contributed by atoms with Gasteiger partial charge in [-0.1, -0.05) is 36.6 Å². The minimum Gasteiger partial charge on any atom is -0.465 e. The average molecular weight is 818 g/mol. The number of piperidine rings is 1. The lowest BCUT2D eigenvalue weighted by molar-refractivity contribution is -0.144. The van der Waals surface area contributed by atoms with Crippen LogP contribution in [0.1, 0.15) is 83.2 Å². The van der Waals surface area contributed by atoms with Crippen molar-refractivity contribution in [2.75, 3.05) is 63.1 Å². The second kappa shape index (κ2) is 24.6. The van der Waals surface area contributed by atoms with Gasteiger partial charge in [0, 0.05) is 49.7 Å². The maximum Gasteiger partial charge on any atom is 0.327 e. The molecule has 19 nitrogen and oxygen atoms in total. The number of rotatable bonds is 24. The second-order valence-corrected chi connectivity index (χ2v) is 15.0. The number of fused-ring (bicyclic) bond motifs is 1. The van der Waals surface area contributed by atoms with Gasteiger partial charge >= 0.3 is 5.97 Å². The van der Waals surface area contributed by atoms with E-state index < -0.39 is 17.9 Å². The predicted molar refractivity (Wildman–Crippen MR) is 229 cm³/mol. The van der Waals surface area contributed by atoms with E-state index in [0.29, 0.717) is 55.4 Å². The fourth-order valence-electron chi connectivity index (χ4n) is 7.16. The Morgan fingerprint density at radius 3 is 2.61 bits per heavy atom. The van der Waals surface area contributed by atoms with E-state index in [2.05, 4.69) is 47.0 Å². The first-order valence-electron chi connectivity index (χ1n) is 21.1. The summed E-state index contributed by atoms with van der Waals surface area (Å²) < 4.78 is 6.24. The minimum atomic E-state index is -0.860. The monoisotopic (exact) mass is 818 g/mol. The van der Waals surface area contributed by atoms with Crippen molar-refractivity contribution >= 4 is 52.4 Å². The minimum absolute atomic E-state index is 0.0434. The number of aromatic nitrogens is 5. The number of likely N-dealkylation sites (tertiary alicyclic amines) is 1. The Labute approximate surface area is 346 Å². The number of nitrogens with two attached hydrogens (primary N) is 2. The third kappa shape index (κ3) is 15.4. The zero-order valence-corrected chi connectivity index (χ0v) is 34.4. The molecule has 1 unspecified atom stereocenters. The molecule has 322 valence electrons. The summed E-state index contributed by atoms with van der Waals surface area (Å²) in [5.41, 5.74) is 7.96. The van der Waals surface area contributed by atoms with E-state index in [1.54, 1.807) is 19.3 Å². The van der Waals surface area contributed by atoms with Gasteiger partial charge < -0.3 is 47.8 Å². The zero-order chi connectivity index (χ0) is 41.7. The van der Waals surface area contributed by atoms with Crippen LogP contribution in [-0.4, -0.2) is 130 Å². The predicted octanol–water partition coefficient (Wildman–Crippen LogP) is 1.70. The highest BCUT2D eigenvalue weighted by Gasteiger charge is 2.25. The van der Waals surface area contributed by atoms with Crippen molar-refractivity contribution in [2.45, 2.75) is 109 Å². The molecule has 59 heavy (non-hydrogen) atoms. The highest BCUT2D eigenvalue weighted by atomic mass is 16.5. The first-order chi connectivity index (χ1) is 28.8. The Kier molecular flexibility index (Phi) is 18.7. The number of hydrogen-bond donors (Lipinski definition) is 7. The molecular weight excluding hydrogens is 755 g/mol. The normalized spacial score (nSPS) is 16.0. The fourth-order valence-corrected chi connectivity index (χ4v) is 7.16. The largest absolute Gasteiger partial charge is 0.465 e.